The van der Waals surface area contributed by atoms with Crippen LogP contribution in [0.1, 0.15) is 17.3 Å². The molecular formula is C12H16F2N2O. The molecule has 1 unspecified atom stereocenters. The topological polar surface area (TPSA) is 46.3 Å². The maximum absolute atomic E-state index is 13.4. The summed E-state index contributed by atoms with van der Waals surface area (Å²) in [6, 6.07) is 3.56. The summed E-state index contributed by atoms with van der Waals surface area (Å²) in [6.07, 6.45) is 0. The summed E-state index contributed by atoms with van der Waals surface area (Å²) in [5, 5.41) is 0. The van der Waals surface area contributed by atoms with Crippen LogP contribution in [0.25, 0.3) is 0 Å². The van der Waals surface area contributed by atoms with Gasteiger partial charge in [-0.25, -0.2) is 8.78 Å². The van der Waals surface area contributed by atoms with Crippen LogP contribution in [0.2, 0.25) is 0 Å². The fourth-order valence-electron chi connectivity index (χ4n) is 1.50. The highest BCUT2D eigenvalue weighted by Gasteiger charge is 2.19. The molecule has 0 saturated heterocycles. The fraction of sp³-hybridized carbons (Fsp3) is 0.417. The Morgan fingerprint density at radius 2 is 2.12 bits per heavy atom. The van der Waals surface area contributed by atoms with Crippen LogP contribution in [0, 0.1) is 17.6 Å². The Hall–Kier alpha value is -1.49. The van der Waals surface area contributed by atoms with Gasteiger partial charge in [-0.3, -0.25) is 4.79 Å². The predicted molar refractivity (Wildman–Crippen MR) is 61.5 cm³/mol. The SMILES string of the molecule is CC(CN)CN(C)C(=O)c1cccc(F)c1F. The van der Waals surface area contributed by atoms with E-state index in [0.717, 1.165) is 6.07 Å². The third-order valence-corrected chi connectivity index (χ3v) is 2.52. The highest BCUT2D eigenvalue weighted by atomic mass is 19.2. The summed E-state index contributed by atoms with van der Waals surface area (Å²) in [7, 11) is 1.54. The van der Waals surface area contributed by atoms with E-state index in [1.54, 1.807) is 7.05 Å². The molecule has 3 nitrogen and oxygen atoms in total. The smallest absolute Gasteiger partial charge is 0.256 e. The summed E-state index contributed by atoms with van der Waals surface area (Å²) in [6.45, 7) is 2.72. The first kappa shape index (κ1) is 13.6. The van der Waals surface area contributed by atoms with Crippen molar-refractivity contribution >= 4 is 5.91 Å². The first-order chi connectivity index (χ1) is 7.97. The maximum atomic E-state index is 13.4. The summed E-state index contributed by atoms with van der Waals surface area (Å²) in [5.41, 5.74) is 5.19. The van der Waals surface area contributed by atoms with Gasteiger partial charge in [0.25, 0.3) is 5.91 Å². The van der Waals surface area contributed by atoms with Gasteiger partial charge in [0.1, 0.15) is 0 Å². The van der Waals surface area contributed by atoms with Crippen LogP contribution in [0.4, 0.5) is 8.78 Å². The Bertz CT molecular complexity index is 409. The van der Waals surface area contributed by atoms with Gasteiger partial charge in [0.15, 0.2) is 11.6 Å². The highest BCUT2D eigenvalue weighted by Crippen LogP contribution is 2.13. The van der Waals surface area contributed by atoms with Crippen LogP contribution in [0.15, 0.2) is 18.2 Å². The first-order valence-electron chi connectivity index (χ1n) is 5.37. The van der Waals surface area contributed by atoms with Crippen molar-refractivity contribution in [2.24, 2.45) is 11.7 Å². The van der Waals surface area contributed by atoms with Gasteiger partial charge in [0.05, 0.1) is 5.56 Å². The molecule has 94 valence electrons. The minimum Gasteiger partial charge on any atom is -0.341 e. The third kappa shape index (κ3) is 3.23. The van der Waals surface area contributed by atoms with E-state index in [2.05, 4.69) is 0 Å². The number of halogens is 2. The predicted octanol–water partition coefficient (Wildman–Crippen LogP) is 1.63. The molecule has 0 bridgehead atoms. The van der Waals surface area contributed by atoms with Crippen LogP contribution in [-0.4, -0.2) is 30.9 Å². The van der Waals surface area contributed by atoms with Crippen molar-refractivity contribution in [2.45, 2.75) is 6.92 Å². The number of carbonyl (C=O) groups excluding carboxylic acids is 1. The molecule has 2 N–H and O–H groups in total. The van der Waals surface area contributed by atoms with Gasteiger partial charge in [-0.2, -0.15) is 0 Å². The second-order valence-corrected chi connectivity index (χ2v) is 4.13. The van der Waals surface area contributed by atoms with Crippen molar-refractivity contribution in [3.63, 3.8) is 0 Å². The minimum absolute atomic E-state index is 0.112. The molecule has 0 aliphatic carbocycles. The van der Waals surface area contributed by atoms with E-state index in [4.69, 9.17) is 5.73 Å². The molecule has 1 atom stereocenters. The summed E-state index contributed by atoms with van der Waals surface area (Å²) in [5.74, 6) is -2.55. The number of carbonyl (C=O) groups is 1. The highest BCUT2D eigenvalue weighted by molar-refractivity contribution is 5.94. The Morgan fingerprint density at radius 3 is 2.71 bits per heavy atom. The van der Waals surface area contributed by atoms with E-state index < -0.39 is 17.5 Å². The number of benzene rings is 1. The van der Waals surface area contributed by atoms with Crippen molar-refractivity contribution in [2.75, 3.05) is 20.1 Å². The van der Waals surface area contributed by atoms with Crippen LogP contribution >= 0.6 is 0 Å². The molecule has 1 amide bonds. The van der Waals surface area contributed by atoms with Crippen LogP contribution in [0.3, 0.4) is 0 Å². The van der Waals surface area contributed by atoms with Gasteiger partial charge >= 0.3 is 0 Å². The average Bonchev–Trinajstić information content (AvgIpc) is 2.31. The van der Waals surface area contributed by atoms with Crippen molar-refractivity contribution < 1.29 is 13.6 Å². The quantitative estimate of drug-likeness (QED) is 0.872. The molecule has 0 fully saturated rings. The number of hydrogen-bond donors (Lipinski definition) is 1. The number of rotatable bonds is 4. The van der Waals surface area contributed by atoms with Gasteiger partial charge in [0.2, 0.25) is 0 Å². The van der Waals surface area contributed by atoms with Gasteiger partial charge in [-0.05, 0) is 24.6 Å². The number of nitrogens with two attached hydrogens (primary N) is 1. The van der Waals surface area contributed by atoms with E-state index >= 15 is 0 Å². The second kappa shape index (κ2) is 5.72. The number of amides is 1. The van der Waals surface area contributed by atoms with Gasteiger partial charge < -0.3 is 10.6 Å². The lowest BCUT2D eigenvalue weighted by Gasteiger charge is -2.21. The van der Waals surface area contributed by atoms with Crippen molar-refractivity contribution in [1.29, 1.82) is 0 Å². The van der Waals surface area contributed by atoms with Gasteiger partial charge in [-0.1, -0.05) is 13.0 Å². The van der Waals surface area contributed by atoms with Crippen molar-refractivity contribution in [1.82, 2.24) is 4.90 Å². The van der Waals surface area contributed by atoms with Crippen LogP contribution in [-0.2, 0) is 0 Å². The largest absolute Gasteiger partial charge is 0.341 e. The lowest BCUT2D eigenvalue weighted by molar-refractivity contribution is 0.0771. The molecule has 0 saturated carbocycles. The van der Waals surface area contributed by atoms with Gasteiger partial charge in [0, 0.05) is 13.6 Å². The van der Waals surface area contributed by atoms with Crippen LogP contribution < -0.4 is 5.73 Å². The summed E-state index contributed by atoms with van der Waals surface area (Å²) < 4.78 is 26.4. The maximum Gasteiger partial charge on any atom is 0.256 e. The molecule has 1 rings (SSSR count). The lowest BCUT2D eigenvalue weighted by atomic mass is 10.1. The molecule has 1 aromatic rings. The van der Waals surface area contributed by atoms with E-state index in [-0.39, 0.29) is 11.5 Å². The normalized spacial score (nSPS) is 12.3. The lowest BCUT2D eigenvalue weighted by Crippen LogP contribution is -2.34. The monoisotopic (exact) mass is 242 g/mol. The number of hydrogen-bond acceptors (Lipinski definition) is 2. The van der Waals surface area contributed by atoms with Crippen LogP contribution in [0.5, 0.6) is 0 Å². The van der Waals surface area contributed by atoms with Crippen molar-refractivity contribution in [3.05, 3.63) is 35.4 Å². The number of nitrogens with zero attached hydrogens (tertiary/aromatic N) is 1. The van der Waals surface area contributed by atoms with E-state index in [9.17, 15) is 13.6 Å². The molecule has 0 aliphatic heterocycles. The Balaban J connectivity index is 2.85. The Kier molecular flexibility index (Phi) is 4.57. The average molecular weight is 242 g/mol. The minimum atomic E-state index is -1.11. The molecule has 1 aromatic carbocycles. The summed E-state index contributed by atoms with van der Waals surface area (Å²) in [4.78, 5) is 13.2. The molecule has 0 radical (unpaired) electrons. The third-order valence-electron chi connectivity index (χ3n) is 2.52. The zero-order valence-electron chi connectivity index (χ0n) is 9.91. The van der Waals surface area contributed by atoms with E-state index in [1.807, 2.05) is 6.92 Å². The Labute approximate surface area is 99.2 Å². The first-order valence-corrected chi connectivity index (χ1v) is 5.37. The second-order valence-electron chi connectivity index (χ2n) is 4.13. The van der Waals surface area contributed by atoms with E-state index in [0.29, 0.717) is 13.1 Å². The zero-order chi connectivity index (χ0) is 13.0. The molecule has 0 aromatic heterocycles. The molecule has 5 heteroatoms. The summed E-state index contributed by atoms with van der Waals surface area (Å²) >= 11 is 0. The molecular weight excluding hydrogens is 226 g/mol. The van der Waals surface area contributed by atoms with E-state index in [1.165, 1.54) is 17.0 Å². The fourth-order valence-corrected chi connectivity index (χ4v) is 1.50. The van der Waals surface area contributed by atoms with Gasteiger partial charge in [-0.15, -0.1) is 0 Å². The molecule has 0 spiro atoms. The zero-order valence-corrected chi connectivity index (χ0v) is 9.91. The Morgan fingerprint density at radius 1 is 1.47 bits per heavy atom. The van der Waals surface area contributed by atoms with Crippen molar-refractivity contribution in [3.8, 4) is 0 Å². The molecule has 0 heterocycles. The molecule has 17 heavy (non-hydrogen) atoms. The molecule has 0 aliphatic rings. The standard InChI is InChI=1S/C12H16F2N2O/c1-8(6-15)7-16(2)12(17)9-4-3-5-10(13)11(9)14/h3-5,8H,6-7,15H2,1-2H3.